The van der Waals surface area contributed by atoms with E-state index in [9.17, 15) is 9.90 Å². The predicted molar refractivity (Wildman–Crippen MR) is 121 cm³/mol. The van der Waals surface area contributed by atoms with Crippen LogP contribution in [0.2, 0.25) is 0 Å². The fourth-order valence-electron chi connectivity index (χ4n) is 4.42. The number of aromatic nitrogens is 1. The number of nitrogens with two attached hydrogens (primary N) is 1. The second-order valence-electron chi connectivity index (χ2n) is 7.83. The first kappa shape index (κ1) is 19.1. The largest absolute Gasteiger partial charge is 0.485 e. The Balaban J connectivity index is 1.52. The monoisotopic (exact) mass is 410 g/mol. The number of nitrogens with zero attached hydrogens (tertiary/aromatic N) is 1. The van der Waals surface area contributed by atoms with Crippen molar-refractivity contribution >= 4 is 22.6 Å². The molecule has 3 N–H and O–H groups in total. The molecule has 1 atom stereocenters. The SMILES string of the molecule is Nc1nccc2c(-c3ccc4c(c3)[C@H](Oc3ccccc3CC(=O)O)CC4)cccc12. The molecular weight excluding hydrogens is 388 g/mol. The molecule has 31 heavy (non-hydrogen) atoms. The number of nitrogen functional groups attached to an aromatic ring is 1. The number of benzene rings is 3. The first-order valence-corrected chi connectivity index (χ1v) is 10.3. The number of aryl methyl sites for hydroxylation is 1. The molecule has 4 aromatic rings. The van der Waals surface area contributed by atoms with Gasteiger partial charge in [0.1, 0.15) is 17.7 Å². The number of fused-ring (bicyclic) bond motifs is 2. The fourth-order valence-corrected chi connectivity index (χ4v) is 4.42. The smallest absolute Gasteiger partial charge is 0.307 e. The lowest BCUT2D eigenvalue weighted by Gasteiger charge is -2.18. The molecule has 0 fully saturated rings. The zero-order valence-corrected chi connectivity index (χ0v) is 16.9. The number of anilines is 1. The first-order chi connectivity index (χ1) is 15.1. The molecule has 5 nitrogen and oxygen atoms in total. The highest BCUT2D eigenvalue weighted by Crippen LogP contribution is 2.39. The van der Waals surface area contributed by atoms with E-state index in [4.69, 9.17) is 10.5 Å². The van der Waals surface area contributed by atoms with Gasteiger partial charge in [-0.15, -0.1) is 0 Å². The number of ether oxygens (including phenoxy) is 1. The number of carboxylic acids is 1. The lowest BCUT2D eigenvalue weighted by molar-refractivity contribution is -0.136. The predicted octanol–water partition coefficient (Wildman–Crippen LogP) is 5.18. The minimum Gasteiger partial charge on any atom is -0.485 e. The van der Waals surface area contributed by atoms with Crippen LogP contribution in [0.25, 0.3) is 21.9 Å². The molecule has 5 rings (SSSR count). The van der Waals surface area contributed by atoms with Gasteiger partial charge in [0.05, 0.1) is 6.42 Å². The third-order valence-corrected chi connectivity index (χ3v) is 5.90. The van der Waals surface area contributed by atoms with Crippen LogP contribution in [0.1, 0.15) is 29.2 Å². The Labute approximate surface area is 180 Å². The molecule has 0 saturated carbocycles. The van der Waals surface area contributed by atoms with E-state index in [1.54, 1.807) is 6.20 Å². The Morgan fingerprint density at radius 2 is 1.94 bits per heavy atom. The molecule has 1 aromatic heterocycles. The van der Waals surface area contributed by atoms with Crippen LogP contribution in [0, 0.1) is 0 Å². The number of carboxylic acid groups (broad SMARTS) is 1. The summed E-state index contributed by atoms with van der Waals surface area (Å²) in [6.07, 6.45) is 3.38. The maximum absolute atomic E-state index is 11.2. The van der Waals surface area contributed by atoms with Crippen LogP contribution in [0.15, 0.2) is 72.9 Å². The van der Waals surface area contributed by atoms with E-state index < -0.39 is 5.97 Å². The van der Waals surface area contributed by atoms with E-state index in [1.807, 2.05) is 42.5 Å². The number of para-hydroxylation sites is 1. The summed E-state index contributed by atoms with van der Waals surface area (Å²) in [5.74, 6) is 0.295. The summed E-state index contributed by atoms with van der Waals surface area (Å²) in [4.78, 5) is 15.4. The van der Waals surface area contributed by atoms with Crippen molar-refractivity contribution < 1.29 is 14.6 Å². The molecule has 5 heteroatoms. The molecule has 1 heterocycles. The lowest BCUT2D eigenvalue weighted by Crippen LogP contribution is -2.08. The summed E-state index contributed by atoms with van der Waals surface area (Å²) in [5, 5.41) is 11.2. The van der Waals surface area contributed by atoms with Gasteiger partial charge in [0.15, 0.2) is 0 Å². The van der Waals surface area contributed by atoms with Crippen LogP contribution in [0.3, 0.4) is 0 Å². The zero-order chi connectivity index (χ0) is 21.4. The molecule has 0 bridgehead atoms. The average molecular weight is 410 g/mol. The highest BCUT2D eigenvalue weighted by Gasteiger charge is 2.26. The second-order valence-corrected chi connectivity index (χ2v) is 7.83. The van der Waals surface area contributed by atoms with Gasteiger partial charge in [0, 0.05) is 17.1 Å². The molecule has 1 aliphatic rings. The Morgan fingerprint density at radius 1 is 1.06 bits per heavy atom. The first-order valence-electron chi connectivity index (χ1n) is 10.3. The summed E-state index contributed by atoms with van der Waals surface area (Å²) in [6.45, 7) is 0. The van der Waals surface area contributed by atoms with Crippen LogP contribution < -0.4 is 10.5 Å². The third kappa shape index (κ3) is 3.59. The summed E-state index contributed by atoms with van der Waals surface area (Å²) in [6, 6.07) is 21.9. The van der Waals surface area contributed by atoms with Crippen molar-refractivity contribution in [3.63, 3.8) is 0 Å². The maximum atomic E-state index is 11.2. The standard InChI is InChI=1S/C26H22N2O3/c27-26-21-6-3-5-19(20(21)12-13-28-26)17-9-8-16-10-11-24(22(16)14-17)31-23-7-2-1-4-18(23)15-25(29)30/h1-9,12-14,24H,10-11,15H2,(H2,27,28)(H,29,30)/t24-/m1/s1. The van der Waals surface area contributed by atoms with E-state index in [1.165, 1.54) is 5.56 Å². The summed E-state index contributed by atoms with van der Waals surface area (Å²) in [5.41, 5.74) is 11.4. The second kappa shape index (κ2) is 7.76. The van der Waals surface area contributed by atoms with E-state index in [0.717, 1.165) is 40.3 Å². The van der Waals surface area contributed by atoms with Crippen molar-refractivity contribution in [2.24, 2.45) is 0 Å². The van der Waals surface area contributed by atoms with Crippen molar-refractivity contribution in [2.75, 3.05) is 5.73 Å². The Hall–Kier alpha value is -3.86. The molecule has 0 aliphatic heterocycles. The van der Waals surface area contributed by atoms with Crippen molar-refractivity contribution in [2.45, 2.75) is 25.4 Å². The minimum absolute atomic E-state index is 0.0543. The molecule has 0 unspecified atom stereocenters. The van der Waals surface area contributed by atoms with Crippen LogP contribution in [0.4, 0.5) is 5.82 Å². The number of rotatable bonds is 5. The molecule has 0 saturated heterocycles. The van der Waals surface area contributed by atoms with Crippen molar-refractivity contribution in [3.8, 4) is 16.9 Å². The number of hydrogen-bond acceptors (Lipinski definition) is 4. The summed E-state index contributed by atoms with van der Waals surface area (Å²) >= 11 is 0. The normalized spacial score (nSPS) is 15.0. The zero-order valence-electron chi connectivity index (χ0n) is 16.9. The molecule has 0 amide bonds. The molecule has 3 aromatic carbocycles. The summed E-state index contributed by atoms with van der Waals surface area (Å²) in [7, 11) is 0. The summed E-state index contributed by atoms with van der Waals surface area (Å²) < 4.78 is 6.34. The van der Waals surface area contributed by atoms with Gasteiger partial charge in [0.2, 0.25) is 0 Å². The van der Waals surface area contributed by atoms with Gasteiger partial charge < -0.3 is 15.6 Å². The van der Waals surface area contributed by atoms with E-state index >= 15 is 0 Å². The molecule has 1 aliphatic carbocycles. The number of hydrogen-bond donors (Lipinski definition) is 2. The number of aliphatic carboxylic acids is 1. The van der Waals surface area contributed by atoms with E-state index in [-0.39, 0.29) is 12.5 Å². The van der Waals surface area contributed by atoms with E-state index in [2.05, 4.69) is 29.2 Å². The van der Waals surface area contributed by atoms with E-state index in [0.29, 0.717) is 17.1 Å². The average Bonchev–Trinajstić information content (AvgIpc) is 3.17. The molecule has 154 valence electrons. The molecule has 0 radical (unpaired) electrons. The third-order valence-electron chi connectivity index (χ3n) is 5.90. The Morgan fingerprint density at radius 3 is 2.81 bits per heavy atom. The highest BCUT2D eigenvalue weighted by molar-refractivity contribution is 6.01. The van der Waals surface area contributed by atoms with Gasteiger partial charge >= 0.3 is 5.97 Å². The van der Waals surface area contributed by atoms with Crippen molar-refractivity contribution in [1.29, 1.82) is 0 Å². The van der Waals surface area contributed by atoms with Gasteiger partial charge in [-0.25, -0.2) is 4.98 Å². The quantitative estimate of drug-likeness (QED) is 0.474. The Bertz CT molecular complexity index is 1300. The van der Waals surface area contributed by atoms with Crippen LogP contribution in [0.5, 0.6) is 5.75 Å². The number of carbonyl (C=O) groups is 1. The van der Waals surface area contributed by atoms with Gasteiger partial charge in [-0.3, -0.25) is 4.79 Å². The Kier molecular flexibility index (Phi) is 4.79. The van der Waals surface area contributed by atoms with Crippen molar-refractivity contribution in [1.82, 2.24) is 4.98 Å². The minimum atomic E-state index is -0.866. The lowest BCUT2D eigenvalue weighted by atomic mass is 9.96. The van der Waals surface area contributed by atoms with Gasteiger partial charge in [-0.1, -0.05) is 48.5 Å². The maximum Gasteiger partial charge on any atom is 0.307 e. The van der Waals surface area contributed by atoms with Crippen LogP contribution in [-0.2, 0) is 17.6 Å². The van der Waals surface area contributed by atoms with Gasteiger partial charge in [-0.2, -0.15) is 0 Å². The topological polar surface area (TPSA) is 85.4 Å². The van der Waals surface area contributed by atoms with Crippen molar-refractivity contribution in [3.05, 3.63) is 89.6 Å². The number of pyridine rings is 1. The van der Waals surface area contributed by atoms with Crippen LogP contribution >= 0.6 is 0 Å². The van der Waals surface area contributed by atoms with Gasteiger partial charge in [-0.05, 0) is 58.7 Å². The highest BCUT2D eigenvalue weighted by atomic mass is 16.5. The molecule has 0 spiro atoms. The van der Waals surface area contributed by atoms with Gasteiger partial charge in [0.25, 0.3) is 0 Å². The van der Waals surface area contributed by atoms with Crippen LogP contribution in [-0.4, -0.2) is 16.1 Å². The fraction of sp³-hybridized carbons (Fsp3) is 0.154. The molecular formula is C26H22N2O3.